The molecule has 0 amide bonds. The Bertz CT molecular complexity index is 770. The average molecular weight is 316 g/mol. The van der Waals surface area contributed by atoms with E-state index in [-0.39, 0.29) is 6.04 Å². The highest BCUT2D eigenvalue weighted by atomic mass is 32.2. The fourth-order valence-electron chi connectivity index (χ4n) is 2.84. The molecule has 0 saturated carbocycles. The van der Waals surface area contributed by atoms with E-state index in [4.69, 9.17) is 5.73 Å². The first-order valence-electron chi connectivity index (χ1n) is 7.47. The van der Waals surface area contributed by atoms with Gasteiger partial charge in [-0.1, -0.05) is 37.3 Å². The van der Waals surface area contributed by atoms with E-state index in [2.05, 4.69) is 0 Å². The van der Waals surface area contributed by atoms with E-state index in [1.165, 1.54) is 4.31 Å². The molecule has 22 heavy (non-hydrogen) atoms. The molecule has 0 aliphatic carbocycles. The summed E-state index contributed by atoms with van der Waals surface area (Å²) in [5.74, 6) is 0. The van der Waals surface area contributed by atoms with Crippen molar-refractivity contribution in [1.82, 2.24) is 0 Å². The molecular weight excluding hydrogens is 296 g/mol. The zero-order valence-corrected chi connectivity index (χ0v) is 13.4. The van der Waals surface area contributed by atoms with E-state index in [0.717, 1.165) is 23.2 Å². The molecule has 1 unspecified atom stereocenters. The number of aryl methyl sites for hydroxylation is 1. The number of anilines is 1. The van der Waals surface area contributed by atoms with Gasteiger partial charge in [-0.3, -0.25) is 4.31 Å². The first-order valence-corrected chi connectivity index (χ1v) is 8.91. The molecule has 116 valence electrons. The molecule has 1 atom stereocenters. The fourth-order valence-corrected chi connectivity index (χ4v) is 4.40. The first kappa shape index (κ1) is 15.1. The summed E-state index contributed by atoms with van der Waals surface area (Å²) in [6.45, 7) is 2.36. The van der Waals surface area contributed by atoms with Gasteiger partial charge in [-0.2, -0.15) is 0 Å². The van der Waals surface area contributed by atoms with Crippen LogP contribution in [0.1, 0.15) is 18.1 Å². The van der Waals surface area contributed by atoms with Gasteiger partial charge in [-0.05, 0) is 42.2 Å². The highest BCUT2D eigenvalue weighted by molar-refractivity contribution is 7.92. The lowest BCUT2D eigenvalue weighted by Crippen LogP contribution is -2.46. The molecule has 0 bridgehead atoms. The molecular formula is C17H20N2O2S. The lowest BCUT2D eigenvalue weighted by atomic mass is 10.0. The summed E-state index contributed by atoms with van der Waals surface area (Å²) < 4.78 is 27.4. The summed E-state index contributed by atoms with van der Waals surface area (Å²) in [5, 5.41) is 0. The molecule has 0 radical (unpaired) electrons. The Morgan fingerprint density at radius 3 is 2.50 bits per heavy atom. The zero-order chi connectivity index (χ0) is 15.7. The van der Waals surface area contributed by atoms with Gasteiger partial charge in [-0.15, -0.1) is 0 Å². The summed E-state index contributed by atoms with van der Waals surface area (Å²) in [6, 6.07) is 14.5. The van der Waals surface area contributed by atoms with Crippen LogP contribution in [-0.2, 0) is 22.9 Å². The molecule has 0 aromatic heterocycles. The van der Waals surface area contributed by atoms with Crippen LogP contribution < -0.4 is 10.0 Å². The zero-order valence-electron chi connectivity index (χ0n) is 12.6. The van der Waals surface area contributed by atoms with Crippen LogP contribution in [-0.4, -0.2) is 21.0 Å². The van der Waals surface area contributed by atoms with Crippen LogP contribution in [0, 0.1) is 0 Å². The van der Waals surface area contributed by atoms with Crippen molar-refractivity contribution in [3.63, 3.8) is 0 Å². The van der Waals surface area contributed by atoms with E-state index in [0.29, 0.717) is 17.9 Å². The molecule has 2 aromatic carbocycles. The van der Waals surface area contributed by atoms with E-state index < -0.39 is 10.0 Å². The third kappa shape index (κ3) is 2.62. The molecule has 0 saturated heterocycles. The van der Waals surface area contributed by atoms with Crippen LogP contribution >= 0.6 is 0 Å². The summed E-state index contributed by atoms with van der Waals surface area (Å²) in [4.78, 5) is 0.314. The number of hydrogen-bond acceptors (Lipinski definition) is 3. The van der Waals surface area contributed by atoms with Gasteiger partial charge in [0.1, 0.15) is 0 Å². The van der Waals surface area contributed by atoms with Gasteiger partial charge in [0.25, 0.3) is 10.0 Å². The van der Waals surface area contributed by atoms with E-state index in [9.17, 15) is 8.42 Å². The van der Waals surface area contributed by atoms with Crippen LogP contribution in [0.25, 0.3) is 0 Å². The maximum Gasteiger partial charge on any atom is 0.264 e. The third-order valence-electron chi connectivity index (χ3n) is 4.06. The Labute approximate surface area is 131 Å². The highest BCUT2D eigenvalue weighted by Gasteiger charge is 2.31. The second kappa shape index (κ2) is 5.74. The maximum atomic E-state index is 13.0. The number of fused-ring (bicyclic) bond motifs is 1. The topological polar surface area (TPSA) is 63.4 Å². The summed E-state index contributed by atoms with van der Waals surface area (Å²) in [6.07, 6.45) is 1.59. The standard InChI is InChI=1S/C17H20N2O2S/c1-2-13-7-9-16(10-8-13)22(20,21)19-12-15(18)11-14-5-3-4-6-17(14)19/h3-10,15H,2,11-12,18H2,1H3. The predicted octanol–water partition coefficient (Wildman–Crippen LogP) is 2.33. The summed E-state index contributed by atoms with van der Waals surface area (Å²) in [5.41, 5.74) is 8.90. The molecule has 0 fully saturated rings. The van der Waals surface area contributed by atoms with Gasteiger partial charge in [-0.25, -0.2) is 8.42 Å². The minimum atomic E-state index is -3.58. The van der Waals surface area contributed by atoms with Gasteiger partial charge < -0.3 is 5.73 Å². The number of sulfonamides is 1. The van der Waals surface area contributed by atoms with Gasteiger partial charge in [0.05, 0.1) is 10.6 Å². The molecule has 1 heterocycles. The number of para-hydroxylation sites is 1. The van der Waals surface area contributed by atoms with Crippen molar-refractivity contribution in [3.05, 3.63) is 59.7 Å². The molecule has 5 heteroatoms. The largest absolute Gasteiger partial charge is 0.326 e. The Morgan fingerprint density at radius 2 is 1.82 bits per heavy atom. The Balaban J connectivity index is 2.05. The van der Waals surface area contributed by atoms with E-state index in [1.807, 2.05) is 43.3 Å². The first-order chi connectivity index (χ1) is 10.5. The second-order valence-electron chi connectivity index (χ2n) is 5.63. The quantitative estimate of drug-likeness (QED) is 0.945. The fraction of sp³-hybridized carbons (Fsp3) is 0.294. The number of nitrogens with two attached hydrogens (primary N) is 1. The van der Waals surface area contributed by atoms with Crippen molar-refractivity contribution in [2.24, 2.45) is 5.73 Å². The van der Waals surface area contributed by atoms with Crippen molar-refractivity contribution < 1.29 is 8.42 Å². The van der Waals surface area contributed by atoms with Gasteiger partial charge in [0, 0.05) is 12.6 Å². The smallest absolute Gasteiger partial charge is 0.264 e. The number of nitrogens with zero attached hydrogens (tertiary/aromatic N) is 1. The monoisotopic (exact) mass is 316 g/mol. The molecule has 4 nitrogen and oxygen atoms in total. The number of hydrogen-bond donors (Lipinski definition) is 1. The summed E-state index contributed by atoms with van der Waals surface area (Å²) >= 11 is 0. The summed E-state index contributed by atoms with van der Waals surface area (Å²) in [7, 11) is -3.58. The van der Waals surface area contributed by atoms with Crippen molar-refractivity contribution >= 4 is 15.7 Å². The van der Waals surface area contributed by atoms with Crippen molar-refractivity contribution in [3.8, 4) is 0 Å². The van der Waals surface area contributed by atoms with Crippen LogP contribution in [0.2, 0.25) is 0 Å². The van der Waals surface area contributed by atoms with Gasteiger partial charge in [0.15, 0.2) is 0 Å². The van der Waals surface area contributed by atoms with Crippen LogP contribution in [0.4, 0.5) is 5.69 Å². The Kier molecular flexibility index (Phi) is 3.93. The van der Waals surface area contributed by atoms with Crippen LogP contribution in [0.5, 0.6) is 0 Å². The molecule has 2 aromatic rings. The van der Waals surface area contributed by atoms with Crippen molar-refractivity contribution in [2.75, 3.05) is 10.8 Å². The maximum absolute atomic E-state index is 13.0. The second-order valence-corrected chi connectivity index (χ2v) is 7.49. The van der Waals surface area contributed by atoms with Gasteiger partial charge in [0.2, 0.25) is 0 Å². The Hall–Kier alpha value is -1.85. The van der Waals surface area contributed by atoms with Crippen LogP contribution in [0.15, 0.2) is 53.4 Å². The highest BCUT2D eigenvalue weighted by Crippen LogP contribution is 2.31. The minimum absolute atomic E-state index is 0.181. The lowest BCUT2D eigenvalue weighted by Gasteiger charge is -2.33. The third-order valence-corrected chi connectivity index (χ3v) is 5.86. The minimum Gasteiger partial charge on any atom is -0.326 e. The van der Waals surface area contributed by atoms with Crippen molar-refractivity contribution in [1.29, 1.82) is 0 Å². The molecule has 2 N–H and O–H groups in total. The molecule has 1 aliphatic heterocycles. The number of benzene rings is 2. The normalized spacial score (nSPS) is 18.1. The Morgan fingerprint density at radius 1 is 1.14 bits per heavy atom. The average Bonchev–Trinajstić information content (AvgIpc) is 2.54. The lowest BCUT2D eigenvalue weighted by molar-refractivity contribution is 0.575. The molecule has 3 rings (SSSR count). The number of rotatable bonds is 3. The molecule has 1 aliphatic rings. The SMILES string of the molecule is CCc1ccc(S(=O)(=O)N2CC(N)Cc3ccccc32)cc1. The van der Waals surface area contributed by atoms with E-state index in [1.54, 1.807) is 12.1 Å². The molecule has 0 spiro atoms. The van der Waals surface area contributed by atoms with Crippen molar-refractivity contribution in [2.45, 2.75) is 30.7 Å². The van der Waals surface area contributed by atoms with Crippen LogP contribution in [0.3, 0.4) is 0 Å². The predicted molar refractivity (Wildman–Crippen MR) is 88.5 cm³/mol. The van der Waals surface area contributed by atoms with Gasteiger partial charge >= 0.3 is 0 Å². The van der Waals surface area contributed by atoms with E-state index >= 15 is 0 Å².